The van der Waals surface area contributed by atoms with Crippen LogP contribution in [0.15, 0.2) is 69.9 Å². The Hall–Kier alpha value is -6.46. The predicted octanol–water partition coefficient (Wildman–Crippen LogP) is -0.0804. The summed E-state index contributed by atoms with van der Waals surface area (Å²) < 4.78 is 48.8. The van der Waals surface area contributed by atoms with E-state index in [9.17, 15) is 60.0 Å². The van der Waals surface area contributed by atoms with Crippen LogP contribution in [0.4, 0.5) is 0 Å². The molecule has 0 aliphatic carbocycles. The second-order valence-corrected chi connectivity index (χ2v) is 13.2. The van der Waals surface area contributed by atoms with Gasteiger partial charge < -0.3 is 83.2 Å². The van der Waals surface area contributed by atoms with Crippen molar-refractivity contribution in [2.75, 3.05) is 21.3 Å². The van der Waals surface area contributed by atoms with E-state index >= 15 is 0 Å². The summed E-state index contributed by atoms with van der Waals surface area (Å²) in [4.78, 5) is 51.5. The molecule has 0 unspecified atom stereocenters. The summed E-state index contributed by atoms with van der Waals surface area (Å²) in [7, 11) is 3.21. The third-order valence-electron chi connectivity index (χ3n) is 9.41. The van der Waals surface area contributed by atoms with E-state index in [1.807, 2.05) is 0 Å². The maximum Gasteiger partial charge on any atom is 0.337 e. The first-order valence-electron chi connectivity index (χ1n) is 17.6. The van der Waals surface area contributed by atoms with Gasteiger partial charge in [-0.3, -0.25) is 4.79 Å². The Morgan fingerprint density at radius 3 is 1.95 bits per heavy atom. The van der Waals surface area contributed by atoms with E-state index in [1.165, 1.54) is 37.5 Å². The molecule has 2 saturated heterocycles. The SMILES string of the molecule is COC(=O)[C@H]1O[C@@H](O[C@H]2[C@H](Oc3cc(O)c4c(=O)cc(-c5ccc(O)c(O)c5)oc4c3)O[C@H](C(=O)OC)[C@@H](O)[C@@H]2O)[C@H](OC(=O)/C=C/c2ccc(O)c(OC)c2)[C@@H](O)[C@@H]1O. The Morgan fingerprint density at radius 2 is 1.32 bits per heavy atom. The van der Waals surface area contributed by atoms with Gasteiger partial charge in [-0.2, -0.15) is 0 Å². The molecule has 320 valence electrons. The fourth-order valence-electron chi connectivity index (χ4n) is 6.33. The topological polar surface area (TPSA) is 317 Å². The molecular weight excluding hydrogens is 804 g/mol. The zero-order chi connectivity index (χ0) is 43.6. The highest BCUT2D eigenvalue weighted by Gasteiger charge is 2.55. The number of rotatable bonds is 11. The first-order chi connectivity index (χ1) is 28.5. The van der Waals surface area contributed by atoms with Crippen LogP contribution in [0.1, 0.15) is 5.56 Å². The molecule has 8 N–H and O–H groups in total. The number of carbonyl (C=O) groups excluding carboxylic acids is 3. The Bertz CT molecular complexity index is 2340. The third kappa shape index (κ3) is 8.77. The maximum atomic E-state index is 13.1. The molecule has 3 aromatic carbocycles. The summed E-state index contributed by atoms with van der Waals surface area (Å²) in [6.07, 6.45) is -18.4. The van der Waals surface area contributed by atoms with Gasteiger partial charge in [0.25, 0.3) is 0 Å². The Kier molecular flexibility index (Phi) is 12.8. The number of benzene rings is 3. The van der Waals surface area contributed by atoms with Crippen molar-refractivity contribution in [2.45, 2.75) is 61.4 Å². The molecule has 0 spiro atoms. The molecular formula is C39H38O21. The molecule has 60 heavy (non-hydrogen) atoms. The monoisotopic (exact) mass is 842 g/mol. The third-order valence-corrected chi connectivity index (χ3v) is 9.41. The fourth-order valence-corrected chi connectivity index (χ4v) is 6.33. The summed E-state index contributed by atoms with van der Waals surface area (Å²) >= 11 is 0. The number of aliphatic hydroxyl groups is 4. The van der Waals surface area contributed by atoms with Gasteiger partial charge in [0.05, 0.1) is 21.3 Å². The van der Waals surface area contributed by atoms with Gasteiger partial charge in [-0.05, 0) is 42.0 Å². The number of hydrogen-bond acceptors (Lipinski definition) is 21. The highest BCUT2D eigenvalue weighted by molar-refractivity contribution is 5.88. The average Bonchev–Trinajstić information content (AvgIpc) is 3.22. The largest absolute Gasteiger partial charge is 0.507 e. The van der Waals surface area contributed by atoms with Gasteiger partial charge in [0, 0.05) is 29.8 Å². The van der Waals surface area contributed by atoms with E-state index < -0.39 is 102 Å². The molecule has 21 nitrogen and oxygen atoms in total. The van der Waals surface area contributed by atoms with E-state index in [-0.39, 0.29) is 39.5 Å². The van der Waals surface area contributed by atoms with Crippen molar-refractivity contribution in [1.82, 2.24) is 0 Å². The van der Waals surface area contributed by atoms with E-state index in [4.69, 9.17) is 37.6 Å². The standard InChI is InChI=1S/C39H38O21/c1-52-24-10-15(4-7-19(24)41)5-9-26(45)57-34-30(48)28(46)33(37(51)54-3)59-39(34)60-35-31(49)29(47)32(36(50)53-2)58-38(35)55-17-12-21(43)27-22(44)14-23(56-25(27)13-17)16-6-8-18(40)20(42)11-16/h4-14,28-35,38-43,46-49H,1-3H3/b9-5+/t28-,29-,30-,31-,32-,33-,34+,35+,38+,39-/m0/s1. The summed E-state index contributed by atoms with van der Waals surface area (Å²) in [5.41, 5.74) is -0.533. The minimum Gasteiger partial charge on any atom is -0.507 e. The van der Waals surface area contributed by atoms with Crippen LogP contribution < -0.4 is 14.9 Å². The van der Waals surface area contributed by atoms with Crippen molar-refractivity contribution in [3.8, 4) is 45.8 Å². The predicted molar refractivity (Wildman–Crippen MR) is 197 cm³/mol. The minimum absolute atomic E-state index is 0.0807. The lowest BCUT2D eigenvalue weighted by Gasteiger charge is -2.45. The molecule has 2 aliphatic rings. The van der Waals surface area contributed by atoms with Gasteiger partial charge in [-0.1, -0.05) is 6.07 Å². The zero-order valence-corrected chi connectivity index (χ0v) is 31.5. The fraction of sp³-hybridized carbons (Fsp3) is 0.333. The van der Waals surface area contributed by atoms with Gasteiger partial charge in [0.1, 0.15) is 52.6 Å². The number of aromatic hydroxyl groups is 4. The quantitative estimate of drug-likeness (QED) is 0.0424. The van der Waals surface area contributed by atoms with E-state index in [0.29, 0.717) is 5.56 Å². The highest BCUT2D eigenvalue weighted by atomic mass is 16.8. The van der Waals surface area contributed by atoms with Crippen LogP contribution in [0.3, 0.4) is 0 Å². The number of carbonyl (C=O) groups is 3. The van der Waals surface area contributed by atoms with E-state index in [0.717, 1.165) is 50.6 Å². The van der Waals surface area contributed by atoms with Crippen LogP contribution in [0, 0.1) is 0 Å². The number of fused-ring (bicyclic) bond motifs is 1. The van der Waals surface area contributed by atoms with Crippen LogP contribution in [0.5, 0.6) is 34.5 Å². The summed E-state index contributed by atoms with van der Waals surface area (Å²) in [5, 5.41) is 84.5. The lowest BCUT2D eigenvalue weighted by Crippen LogP contribution is -2.66. The number of esters is 3. The van der Waals surface area contributed by atoms with E-state index in [1.54, 1.807) is 0 Å². The van der Waals surface area contributed by atoms with Crippen LogP contribution in [-0.4, -0.2) is 142 Å². The molecule has 0 saturated carbocycles. The van der Waals surface area contributed by atoms with Crippen LogP contribution >= 0.6 is 0 Å². The number of phenolic OH excluding ortho intramolecular Hbond substituents is 4. The molecule has 2 aliphatic heterocycles. The molecule has 2 fully saturated rings. The van der Waals surface area contributed by atoms with Gasteiger partial charge in [0.15, 0.2) is 59.1 Å². The van der Waals surface area contributed by atoms with Gasteiger partial charge >= 0.3 is 17.9 Å². The highest BCUT2D eigenvalue weighted by Crippen LogP contribution is 2.37. The molecule has 4 aromatic rings. The second-order valence-electron chi connectivity index (χ2n) is 13.2. The van der Waals surface area contributed by atoms with Crippen molar-refractivity contribution >= 4 is 35.0 Å². The molecule has 21 heteroatoms. The van der Waals surface area contributed by atoms with E-state index in [2.05, 4.69) is 4.74 Å². The Labute approximate surface area is 337 Å². The van der Waals surface area contributed by atoms with Crippen molar-refractivity contribution in [2.24, 2.45) is 0 Å². The molecule has 10 atom stereocenters. The zero-order valence-electron chi connectivity index (χ0n) is 31.5. The summed E-state index contributed by atoms with van der Waals surface area (Å²) in [6.45, 7) is 0. The average molecular weight is 843 g/mol. The Balaban J connectivity index is 1.35. The lowest BCUT2D eigenvalue weighted by atomic mass is 9.96. The van der Waals surface area contributed by atoms with Crippen LogP contribution in [0.2, 0.25) is 0 Å². The van der Waals surface area contributed by atoms with Crippen molar-refractivity contribution < 1.29 is 97.5 Å². The number of aliphatic hydroxyl groups excluding tert-OH is 4. The Morgan fingerprint density at radius 1 is 0.683 bits per heavy atom. The second kappa shape index (κ2) is 17.8. The number of phenols is 4. The van der Waals surface area contributed by atoms with Crippen LogP contribution in [0.25, 0.3) is 28.4 Å². The molecule has 0 bridgehead atoms. The maximum absolute atomic E-state index is 13.1. The molecule has 3 heterocycles. The first-order valence-corrected chi connectivity index (χ1v) is 17.6. The molecule has 6 rings (SSSR count). The van der Waals surface area contributed by atoms with Crippen molar-refractivity contribution in [1.29, 1.82) is 0 Å². The summed E-state index contributed by atoms with van der Waals surface area (Å²) in [6, 6.07) is 10.7. The minimum atomic E-state index is -2.17. The number of hydrogen-bond donors (Lipinski definition) is 8. The molecule has 0 radical (unpaired) electrons. The van der Waals surface area contributed by atoms with Gasteiger partial charge in [0.2, 0.25) is 6.29 Å². The number of ether oxygens (including phenoxy) is 8. The smallest absolute Gasteiger partial charge is 0.337 e. The lowest BCUT2D eigenvalue weighted by molar-refractivity contribution is -0.351. The van der Waals surface area contributed by atoms with Crippen LogP contribution in [-0.2, 0) is 42.8 Å². The van der Waals surface area contributed by atoms with Gasteiger partial charge in [-0.25, -0.2) is 14.4 Å². The molecule has 0 amide bonds. The summed E-state index contributed by atoms with van der Waals surface area (Å²) in [5.74, 6) is -5.82. The van der Waals surface area contributed by atoms with Gasteiger partial charge in [-0.15, -0.1) is 0 Å². The molecule has 1 aromatic heterocycles. The number of methoxy groups -OCH3 is 3. The van der Waals surface area contributed by atoms with Crippen molar-refractivity contribution in [3.63, 3.8) is 0 Å². The van der Waals surface area contributed by atoms with Crippen molar-refractivity contribution in [3.05, 3.63) is 76.5 Å². The normalized spacial score (nSPS) is 26.6. The first kappa shape index (κ1) is 43.1.